The first kappa shape index (κ1) is 16.3. The first-order valence-corrected chi connectivity index (χ1v) is 6.08. The second kappa shape index (κ2) is 6.16. The van der Waals surface area contributed by atoms with Crippen LogP contribution in [0.5, 0.6) is 0 Å². The first-order chi connectivity index (χ1) is 9.69. The molecule has 0 heterocycles. The Morgan fingerprint density at radius 3 is 2.33 bits per heavy atom. The summed E-state index contributed by atoms with van der Waals surface area (Å²) < 4.78 is 0. The number of nitro benzene ring substituents is 2. The SMILES string of the molecule is CNC(=O)C(C)(C)CNc1ccc([N+](=O)[O-])cc1[N+](=O)[O-]. The van der Waals surface area contributed by atoms with Crippen LogP contribution in [0.2, 0.25) is 0 Å². The Bertz CT molecular complexity index is 585. The number of nitrogens with zero attached hydrogens (tertiary/aromatic N) is 2. The fraction of sp³-hybridized carbons (Fsp3) is 0.417. The molecule has 0 aromatic heterocycles. The third-order valence-corrected chi connectivity index (χ3v) is 2.95. The van der Waals surface area contributed by atoms with Gasteiger partial charge >= 0.3 is 0 Å². The van der Waals surface area contributed by atoms with Crippen LogP contribution in [0.25, 0.3) is 0 Å². The molecule has 0 aliphatic rings. The largest absolute Gasteiger partial charge is 0.378 e. The van der Waals surface area contributed by atoms with Crippen LogP contribution >= 0.6 is 0 Å². The Labute approximate surface area is 120 Å². The van der Waals surface area contributed by atoms with E-state index < -0.39 is 20.9 Å². The fourth-order valence-electron chi connectivity index (χ4n) is 1.67. The smallest absolute Gasteiger partial charge is 0.299 e. The zero-order valence-electron chi connectivity index (χ0n) is 11.9. The lowest BCUT2D eigenvalue weighted by molar-refractivity contribution is -0.393. The molecule has 0 atom stereocenters. The van der Waals surface area contributed by atoms with Gasteiger partial charge in [0.25, 0.3) is 11.4 Å². The minimum Gasteiger partial charge on any atom is -0.378 e. The number of hydrogen-bond donors (Lipinski definition) is 2. The van der Waals surface area contributed by atoms with Gasteiger partial charge in [-0.2, -0.15) is 0 Å². The van der Waals surface area contributed by atoms with Crippen LogP contribution < -0.4 is 10.6 Å². The van der Waals surface area contributed by atoms with Gasteiger partial charge in [0, 0.05) is 19.7 Å². The molecule has 114 valence electrons. The third kappa shape index (κ3) is 3.88. The summed E-state index contributed by atoms with van der Waals surface area (Å²) in [6, 6.07) is 3.31. The van der Waals surface area contributed by atoms with Gasteiger partial charge in [-0.05, 0) is 19.9 Å². The number of non-ortho nitro benzene ring substituents is 1. The second-order valence-electron chi connectivity index (χ2n) is 5.03. The maximum absolute atomic E-state index is 11.6. The maximum atomic E-state index is 11.6. The Kier molecular flexibility index (Phi) is 4.79. The topological polar surface area (TPSA) is 127 Å². The van der Waals surface area contributed by atoms with E-state index >= 15 is 0 Å². The van der Waals surface area contributed by atoms with Crippen molar-refractivity contribution in [3.05, 3.63) is 38.4 Å². The highest BCUT2D eigenvalue weighted by molar-refractivity contribution is 5.82. The molecule has 0 aliphatic carbocycles. The van der Waals surface area contributed by atoms with Gasteiger partial charge in [0.15, 0.2) is 0 Å². The van der Waals surface area contributed by atoms with Gasteiger partial charge in [-0.1, -0.05) is 0 Å². The number of benzene rings is 1. The van der Waals surface area contributed by atoms with Gasteiger partial charge in [0.1, 0.15) is 5.69 Å². The number of carbonyl (C=O) groups excluding carboxylic acids is 1. The summed E-state index contributed by atoms with van der Waals surface area (Å²) in [5.41, 5.74) is -1.43. The molecular formula is C12H16N4O5. The van der Waals surface area contributed by atoms with Crippen molar-refractivity contribution in [1.29, 1.82) is 0 Å². The highest BCUT2D eigenvalue weighted by Crippen LogP contribution is 2.30. The van der Waals surface area contributed by atoms with Crippen LogP contribution in [0.1, 0.15) is 13.8 Å². The lowest BCUT2D eigenvalue weighted by Gasteiger charge is -2.23. The fourth-order valence-corrected chi connectivity index (χ4v) is 1.67. The van der Waals surface area contributed by atoms with Crippen LogP contribution in [0.15, 0.2) is 18.2 Å². The van der Waals surface area contributed by atoms with E-state index in [2.05, 4.69) is 10.6 Å². The summed E-state index contributed by atoms with van der Waals surface area (Å²) in [6.45, 7) is 3.50. The maximum Gasteiger partial charge on any atom is 0.299 e. The molecular weight excluding hydrogens is 280 g/mol. The van der Waals surface area contributed by atoms with E-state index in [0.717, 1.165) is 6.07 Å². The highest BCUT2D eigenvalue weighted by Gasteiger charge is 2.28. The number of nitro groups is 2. The van der Waals surface area contributed by atoms with Crippen LogP contribution in [-0.2, 0) is 4.79 Å². The minimum atomic E-state index is -0.787. The molecule has 1 rings (SSSR count). The summed E-state index contributed by atoms with van der Waals surface area (Å²) in [7, 11) is 1.50. The molecule has 21 heavy (non-hydrogen) atoms. The number of anilines is 1. The zero-order chi connectivity index (χ0) is 16.2. The van der Waals surface area contributed by atoms with Crippen molar-refractivity contribution >= 4 is 23.0 Å². The summed E-state index contributed by atoms with van der Waals surface area (Å²) in [6.07, 6.45) is 0. The Morgan fingerprint density at radius 1 is 1.24 bits per heavy atom. The second-order valence-corrected chi connectivity index (χ2v) is 5.03. The predicted molar refractivity (Wildman–Crippen MR) is 76.1 cm³/mol. The molecule has 0 radical (unpaired) electrons. The van der Waals surface area contributed by atoms with Crippen molar-refractivity contribution in [3.63, 3.8) is 0 Å². The molecule has 0 aliphatic heterocycles. The van der Waals surface area contributed by atoms with Crippen molar-refractivity contribution < 1.29 is 14.6 Å². The zero-order valence-corrected chi connectivity index (χ0v) is 11.9. The molecule has 0 saturated carbocycles. The van der Waals surface area contributed by atoms with Crippen LogP contribution in [0.4, 0.5) is 17.1 Å². The van der Waals surface area contributed by atoms with E-state index in [1.807, 2.05) is 0 Å². The Balaban J connectivity index is 3.01. The normalized spacial score (nSPS) is 10.8. The minimum absolute atomic E-state index is 0.127. The predicted octanol–water partition coefficient (Wildman–Crippen LogP) is 1.69. The van der Waals surface area contributed by atoms with Crippen LogP contribution in [0.3, 0.4) is 0 Å². The third-order valence-electron chi connectivity index (χ3n) is 2.95. The van der Waals surface area contributed by atoms with Crippen molar-refractivity contribution in [2.45, 2.75) is 13.8 Å². The van der Waals surface area contributed by atoms with E-state index in [0.29, 0.717) is 0 Å². The molecule has 9 nitrogen and oxygen atoms in total. The summed E-state index contributed by atoms with van der Waals surface area (Å²) in [5.74, 6) is -0.223. The summed E-state index contributed by atoms with van der Waals surface area (Å²) in [4.78, 5) is 31.9. The van der Waals surface area contributed by atoms with Crippen molar-refractivity contribution in [3.8, 4) is 0 Å². The lowest BCUT2D eigenvalue weighted by atomic mass is 9.92. The van der Waals surface area contributed by atoms with E-state index in [9.17, 15) is 25.0 Å². The van der Waals surface area contributed by atoms with E-state index in [1.165, 1.54) is 19.2 Å². The average molecular weight is 296 g/mol. The number of carbonyl (C=O) groups is 1. The van der Waals surface area contributed by atoms with E-state index in [-0.39, 0.29) is 23.8 Å². The number of hydrogen-bond acceptors (Lipinski definition) is 6. The van der Waals surface area contributed by atoms with Crippen LogP contribution in [-0.4, -0.2) is 29.3 Å². The van der Waals surface area contributed by atoms with Crippen molar-refractivity contribution in [2.75, 3.05) is 18.9 Å². The number of rotatable bonds is 6. The molecule has 1 amide bonds. The summed E-state index contributed by atoms with van der Waals surface area (Å²) in [5, 5.41) is 26.9. The first-order valence-electron chi connectivity index (χ1n) is 6.08. The van der Waals surface area contributed by atoms with Gasteiger partial charge < -0.3 is 10.6 Å². The molecule has 0 spiro atoms. The van der Waals surface area contributed by atoms with Gasteiger partial charge in [-0.3, -0.25) is 25.0 Å². The average Bonchev–Trinajstić information content (AvgIpc) is 2.43. The van der Waals surface area contributed by atoms with Gasteiger partial charge in [-0.15, -0.1) is 0 Å². The monoisotopic (exact) mass is 296 g/mol. The number of nitrogens with one attached hydrogen (secondary N) is 2. The molecule has 2 N–H and O–H groups in total. The van der Waals surface area contributed by atoms with Gasteiger partial charge in [0.05, 0.1) is 21.3 Å². The Hall–Kier alpha value is -2.71. The van der Waals surface area contributed by atoms with E-state index in [1.54, 1.807) is 13.8 Å². The molecule has 9 heteroatoms. The van der Waals surface area contributed by atoms with Crippen molar-refractivity contribution in [1.82, 2.24) is 5.32 Å². The Morgan fingerprint density at radius 2 is 1.86 bits per heavy atom. The lowest BCUT2D eigenvalue weighted by Crippen LogP contribution is -2.39. The molecule has 1 aromatic rings. The van der Waals surface area contributed by atoms with Gasteiger partial charge in [0.2, 0.25) is 5.91 Å². The van der Waals surface area contributed by atoms with E-state index in [4.69, 9.17) is 0 Å². The molecule has 0 bridgehead atoms. The van der Waals surface area contributed by atoms with Crippen molar-refractivity contribution in [2.24, 2.45) is 5.41 Å². The standard InChI is InChI=1S/C12H16N4O5/c1-12(2,11(17)13-3)7-14-9-5-4-8(15(18)19)6-10(9)16(20)21/h4-6,14H,7H2,1-3H3,(H,13,17). The highest BCUT2D eigenvalue weighted by atomic mass is 16.6. The van der Waals surface area contributed by atoms with Crippen LogP contribution in [0, 0.1) is 25.6 Å². The molecule has 0 unspecified atom stereocenters. The van der Waals surface area contributed by atoms with Gasteiger partial charge in [-0.25, -0.2) is 0 Å². The molecule has 0 fully saturated rings. The molecule has 1 aromatic carbocycles. The molecule has 0 saturated heterocycles. The summed E-state index contributed by atoms with van der Waals surface area (Å²) >= 11 is 0. The number of amides is 1. The quantitative estimate of drug-likeness (QED) is 0.607.